The van der Waals surface area contributed by atoms with Gasteiger partial charge in [0.2, 0.25) is 0 Å². The summed E-state index contributed by atoms with van der Waals surface area (Å²) in [6.07, 6.45) is 1.61. The number of hydrogen-bond acceptors (Lipinski definition) is 5. The van der Waals surface area contributed by atoms with Gasteiger partial charge in [-0.05, 0) is 36.6 Å². The summed E-state index contributed by atoms with van der Waals surface area (Å²) in [6.45, 7) is 3.95. The number of benzene rings is 1. The average molecular weight is 276 g/mol. The van der Waals surface area contributed by atoms with Gasteiger partial charge in [-0.1, -0.05) is 13.0 Å². The standard InChI is InChI=1S/C13H12N2OS2/c1-3-17-11-5-4-6-12(10(11)7-14)18-13-15-9(2)8-16-13/h4-6,8H,3H2,1-2H3. The molecule has 0 spiro atoms. The average Bonchev–Trinajstić information content (AvgIpc) is 2.76. The molecule has 5 heteroatoms. The second-order valence-corrected chi connectivity index (χ2v) is 5.83. The minimum Gasteiger partial charge on any atom is -0.439 e. The summed E-state index contributed by atoms with van der Waals surface area (Å²) in [4.78, 5) is 6.13. The maximum Gasteiger partial charge on any atom is 0.260 e. The minimum atomic E-state index is 0.572. The molecule has 0 atom stereocenters. The fraction of sp³-hybridized carbons (Fsp3) is 0.231. The molecular formula is C13H12N2OS2. The van der Waals surface area contributed by atoms with Crippen molar-refractivity contribution in [3.8, 4) is 6.07 Å². The maximum absolute atomic E-state index is 9.28. The molecule has 1 aromatic carbocycles. The van der Waals surface area contributed by atoms with Gasteiger partial charge in [0.25, 0.3) is 5.22 Å². The van der Waals surface area contributed by atoms with E-state index in [-0.39, 0.29) is 0 Å². The molecule has 1 heterocycles. The van der Waals surface area contributed by atoms with Gasteiger partial charge in [-0.15, -0.1) is 11.8 Å². The predicted molar refractivity (Wildman–Crippen MR) is 72.9 cm³/mol. The number of nitriles is 1. The summed E-state index contributed by atoms with van der Waals surface area (Å²) in [5.41, 5.74) is 1.54. The summed E-state index contributed by atoms with van der Waals surface area (Å²) in [5.74, 6) is 0.945. The molecule has 1 aromatic heterocycles. The van der Waals surface area contributed by atoms with Crippen molar-refractivity contribution in [2.24, 2.45) is 0 Å². The summed E-state index contributed by atoms with van der Waals surface area (Å²) < 4.78 is 5.30. The number of hydrogen-bond donors (Lipinski definition) is 0. The fourth-order valence-electron chi connectivity index (χ4n) is 1.46. The van der Waals surface area contributed by atoms with Crippen molar-refractivity contribution in [2.75, 3.05) is 5.75 Å². The lowest BCUT2D eigenvalue weighted by atomic mass is 10.2. The minimum absolute atomic E-state index is 0.572. The summed E-state index contributed by atoms with van der Waals surface area (Å²) in [7, 11) is 0. The summed E-state index contributed by atoms with van der Waals surface area (Å²) >= 11 is 3.06. The van der Waals surface area contributed by atoms with Crippen molar-refractivity contribution in [1.82, 2.24) is 4.98 Å². The number of oxazole rings is 1. The topological polar surface area (TPSA) is 49.8 Å². The SMILES string of the molecule is CCSc1cccc(Sc2nc(C)co2)c1C#N. The van der Waals surface area contributed by atoms with Crippen LogP contribution in [0.2, 0.25) is 0 Å². The van der Waals surface area contributed by atoms with Crippen molar-refractivity contribution in [3.63, 3.8) is 0 Å². The van der Waals surface area contributed by atoms with Crippen LogP contribution in [0, 0.1) is 18.3 Å². The third-order valence-corrected chi connectivity index (χ3v) is 4.06. The van der Waals surface area contributed by atoms with Crippen LogP contribution >= 0.6 is 23.5 Å². The molecule has 0 aliphatic carbocycles. The van der Waals surface area contributed by atoms with E-state index in [4.69, 9.17) is 4.42 Å². The Bertz CT molecular complexity index is 587. The lowest BCUT2D eigenvalue weighted by Gasteiger charge is -2.05. The molecule has 18 heavy (non-hydrogen) atoms. The molecule has 0 saturated heterocycles. The van der Waals surface area contributed by atoms with E-state index in [1.165, 1.54) is 11.8 Å². The number of nitrogens with zero attached hydrogens (tertiary/aromatic N) is 2. The highest BCUT2D eigenvalue weighted by Gasteiger charge is 2.11. The molecule has 0 N–H and O–H groups in total. The Kier molecular flexibility index (Phi) is 4.34. The lowest BCUT2D eigenvalue weighted by Crippen LogP contribution is -1.86. The predicted octanol–water partition coefficient (Wildman–Crippen LogP) is 4.12. The van der Waals surface area contributed by atoms with Crippen molar-refractivity contribution < 1.29 is 4.42 Å². The first-order chi connectivity index (χ1) is 8.74. The van der Waals surface area contributed by atoms with Crippen LogP contribution in [0.3, 0.4) is 0 Å². The van der Waals surface area contributed by atoms with E-state index in [0.717, 1.165) is 21.2 Å². The van der Waals surface area contributed by atoms with Gasteiger partial charge in [0.05, 0.1) is 11.3 Å². The second-order valence-electron chi connectivity index (χ2n) is 3.53. The Hall–Kier alpha value is -1.38. The third-order valence-electron chi connectivity index (χ3n) is 2.19. The molecule has 0 aliphatic rings. The molecule has 0 radical (unpaired) electrons. The molecule has 3 nitrogen and oxygen atoms in total. The Morgan fingerprint density at radius 2 is 2.17 bits per heavy atom. The first-order valence-electron chi connectivity index (χ1n) is 5.50. The highest BCUT2D eigenvalue weighted by molar-refractivity contribution is 8.00. The quantitative estimate of drug-likeness (QED) is 0.786. The van der Waals surface area contributed by atoms with E-state index in [9.17, 15) is 5.26 Å². The third kappa shape index (κ3) is 2.89. The van der Waals surface area contributed by atoms with Gasteiger partial charge in [-0.25, -0.2) is 4.98 Å². The number of aromatic nitrogens is 1. The molecular weight excluding hydrogens is 264 g/mol. The molecule has 0 bridgehead atoms. The van der Waals surface area contributed by atoms with E-state index in [2.05, 4.69) is 18.0 Å². The van der Waals surface area contributed by atoms with E-state index >= 15 is 0 Å². The van der Waals surface area contributed by atoms with Gasteiger partial charge in [-0.2, -0.15) is 5.26 Å². The van der Waals surface area contributed by atoms with E-state index in [1.54, 1.807) is 18.0 Å². The van der Waals surface area contributed by atoms with Crippen molar-refractivity contribution in [3.05, 3.63) is 35.7 Å². The fourth-order valence-corrected chi connectivity index (χ4v) is 3.18. The van der Waals surface area contributed by atoms with Crippen LogP contribution in [-0.4, -0.2) is 10.7 Å². The molecule has 0 aliphatic heterocycles. The maximum atomic E-state index is 9.28. The smallest absolute Gasteiger partial charge is 0.260 e. The highest BCUT2D eigenvalue weighted by atomic mass is 32.2. The molecule has 0 unspecified atom stereocenters. The summed E-state index contributed by atoms with van der Waals surface area (Å²) in [5, 5.41) is 9.85. The van der Waals surface area contributed by atoms with E-state index in [1.807, 2.05) is 25.1 Å². The summed E-state index contributed by atoms with van der Waals surface area (Å²) in [6, 6.07) is 8.11. The zero-order valence-electron chi connectivity index (χ0n) is 10.1. The normalized spacial score (nSPS) is 10.3. The first-order valence-corrected chi connectivity index (χ1v) is 7.30. The Labute approximate surface area is 115 Å². The number of aryl methyl sites for hydroxylation is 1. The molecule has 2 rings (SSSR count). The first kappa shape index (κ1) is 13.1. The zero-order chi connectivity index (χ0) is 13.0. The highest BCUT2D eigenvalue weighted by Crippen LogP contribution is 2.34. The monoisotopic (exact) mass is 276 g/mol. The van der Waals surface area contributed by atoms with Crippen LogP contribution in [-0.2, 0) is 0 Å². The van der Waals surface area contributed by atoms with E-state index < -0.39 is 0 Å². The van der Waals surface area contributed by atoms with Crippen LogP contribution in [0.4, 0.5) is 0 Å². The van der Waals surface area contributed by atoms with Gasteiger partial charge in [-0.3, -0.25) is 0 Å². The van der Waals surface area contributed by atoms with Crippen molar-refractivity contribution in [2.45, 2.75) is 28.9 Å². The lowest BCUT2D eigenvalue weighted by molar-refractivity contribution is 0.454. The van der Waals surface area contributed by atoms with Gasteiger partial charge in [0.1, 0.15) is 12.3 Å². The molecule has 0 saturated carbocycles. The molecule has 0 fully saturated rings. The molecule has 92 valence electrons. The van der Waals surface area contributed by atoms with Gasteiger partial charge in [0.15, 0.2) is 0 Å². The van der Waals surface area contributed by atoms with Crippen LogP contribution < -0.4 is 0 Å². The number of thioether (sulfide) groups is 1. The zero-order valence-corrected chi connectivity index (χ0v) is 11.8. The van der Waals surface area contributed by atoms with E-state index in [0.29, 0.717) is 10.8 Å². The number of rotatable bonds is 4. The molecule has 2 aromatic rings. The van der Waals surface area contributed by atoms with Gasteiger partial charge in [0, 0.05) is 9.79 Å². The second kappa shape index (κ2) is 5.98. The van der Waals surface area contributed by atoms with Crippen molar-refractivity contribution >= 4 is 23.5 Å². The van der Waals surface area contributed by atoms with Crippen LogP contribution in [0.1, 0.15) is 18.2 Å². The Morgan fingerprint density at radius 3 is 2.78 bits per heavy atom. The largest absolute Gasteiger partial charge is 0.439 e. The van der Waals surface area contributed by atoms with Crippen LogP contribution in [0.15, 0.2) is 43.9 Å². The molecule has 0 amide bonds. The van der Waals surface area contributed by atoms with Gasteiger partial charge >= 0.3 is 0 Å². The van der Waals surface area contributed by atoms with Crippen LogP contribution in [0.5, 0.6) is 0 Å². The Balaban J connectivity index is 2.33. The van der Waals surface area contributed by atoms with Gasteiger partial charge < -0.3 is 4.42 Å². The Morgan fingerprint density at radius 1 is 1.39 bits per heavy atom. The van der Waals surface area contributed by atoms with Crippen LogP contribution in [0.25, 0.3) is 0 Å². The van der Waals surface area contributed by atoms with Crippen molar-refractivity contribution in [1.29, 1.82) is 5.26 Å².